The molecule has 282 valence electrons. The summed E-state index contributed by atoms with van der Waals surface area (Å²) in [5.74, 6) is -4.00. The first-order valence-corrected chi connectivity index (χ1v) is 18.6. The van der Waals surface area contributed by atoms with Gasteiger partial charge in [0.15, 0.2) is 18.1 Å². The van der Waals surface area contributed by atoms with Crippen LogP contribution in [0.2, 0.25) is 0 Å². The fourth-order valence-electron chi connectivity index (χ4n) is 8.69. The van der Waals surface area contributed by atoms with E-state index in [4.69, 9.17) is 9.47 Å². The Morgan fingerprint density at radius 2 is 1.56 bits per heavy atom. The molecule has 0 unspecified atom stereocenters. The van der Waals surface area contributed by atoms with Gasteiger partial charge in [0.1, 0.15) is 0 Å². The lowest BCUT2D eigenvalue weighted by Gasteiger charge is -2.43. The average Bonchev–Trinajstić information content (AvgIpc) is 3.86. The first-order valence-electron chi connectivity index (χ1n) is 17.0. The molecule has 3 amide bonds. The minimum Gasteiger partial charge on any atom is -0.490 e. The Hall–Kier alpha value is -4.77. The third-order valence-electron chi connectivity index (χ3n) is 10.6. The molecule has 4 aliphatic rings. The fourth-order valence-corrected chi connectivity index (χ4v) is 11.6. The number of hydrogen-bond acceptors (Lipinski definition) is 8. The molecule has 4 aromatic rings. The summed E-state index contributed by atoms with van der Waals surface area (Å²) in [6, 6.07) is 13.5. The molecule has 9 nitrogen and oxygen atoms in total. The lowest BCUT2D eigenvalue weighted by molar-refractivity contribution is -0.138. The first-order chi connectivity index (χ1) is 25.6. The van der Waals surface area contributed by atoms with E-state index in [2.05, 4.69) is 10.3 Å². The summed E-state index contributed by atoms with van der Waals surface area (Å²) in [6.45, 7) is 1.41. The van der Waals surface area contributed by atoms with Crippen LogP contribution in [0.1, 0.15) is 40.8 Å². The quantitative estimate of drug-likeness (QED) is 0.140. The molecule has 7 atom stereocenters. The minimum atomic E-state index is -4.66. The van der Waals surface area contributed by atoms with Gasteiger partial charge in [-0.05, 0) is 85.2 Å². The van der Waals surface area contributed by atoms with Crippen molar-refractivity contribution in [1.82, 2.24) is 4.98 Å². The monoisotopic (exact) mass is 789 g/mol. The summed E-state index contributed by atoms with van der Waals surface area (Å²) in [4.78, 5) is 57.6. The van der Waals surface area contributed by atoms with Gasteiger partial charge in [0, 0.05) is 21.7 Å². The summed E-state index contributed by atoms with van der Waals surface area (Å²) in [6.07, 6.45) is -8.69. The number of aromatic nitrogens is 1. The van der Waals surface area contributed by atoms with Crippen LogP contribution < -0.4 is 24.6 Å². The largest absolute Gasteiger partial charge is 0.490 e. The highest BCUT2D eigenvalue weighted by Gasteiger charge is 2.69. The topological polar surface area (TPSA) is 118 Å². The zero-order valence-corrected chi connectivity index (χ0v) is 29.6. The van der Waals surface area contributed by atoms with Gasteiger partial charge >= 0.3 is 17.2 Å². The van der Waals surface area contributed by atoms with Gasteiger partial charge in [0.05, 0.1) is 40.3 Å². The number of rotatable bonds is 8. The van der Waals surface area contributed by atoms with E-state index < -0.39 is 65.6 Å². The predicted molar refractivity (Wildman–Crippen MR) is 186 cm³/mol. The minimum absolute atomic E-state index is 0.0571. The number of carbonyl (C=O) groups is 3. The zero-order chi connectivity index (χ0) is 38.3. The number of alkyl halides is 6. The Labute approximate surface area is 311 Å². The van der Waals surface area contributed by atoms with Crippen LogP contribution in [0.3, 0.4) is 0 Å². The van der Waals surface area contributed by atoms with E-state index in [1.54, 1.807) is 25.1 Å². The van der Waals surface area contributed by atoms with Gasteiger partial charge in [0.2, 0.25) is 11.8 Å². The van der Waals surface area contributed by atoms with Crippen molar-refractivity contribution in [2.75, 3.05) is 23.4 Å². The third kappa shape index (κ3) is 6.14. The van der Waals surface area contributed by atoms with E-state index in [9.17, 15) is 45.5 Å². The molecule has 2 saturated carbocycles. The maximum Gasteiger partial charge on any atom is 0.416 e. The number of thioether (sulfide) groups is 1. The van der Waals surface area contributed by atoms with E-state index in [1.165, 1.54) is 36.0 Å². The van der Waals surface area contributed by atoms with Gasteiger partial charge in [0.25, 0.3) is 5.91 Å². The molecular weight excluding hydrogens is 761 g/mol. The Morgan fingerprint density at radius 1 is 0.870 bits per heavy atom. The normalized spacial score (nSPS) is 25.7. The molecule has 3 aromatic carbocycles. The second-order valence-electron chi connectivity index (χ2n) is 13.6. The van der Waals surface area contributed by atoms with Gasteiger partial charge in [-0.3, -0.25) is 24.1 Å². The molecule has 2 bridgehead atoms. The molecule has 3 heterocycles. The molecule has 2 aliphatic carbocycles. The number of thiazole rings is 1. The zero-order valence-electron chi connectivity index (χ0n) is 28.0. The summed E-state index contributed by atoms with van der Waals surface area (Å²) < 4.78 is 91.8. The van der Waals surface area contributed by atoms with Crippen LogP contribution in [-0.2, 0) is 26.7 Å². The lowest BCUT2D eigenvalue weighted by Crippen LogP contribution is -2.42. The fraction of sp³-hybridized carbons (Fsp3) is 0.351. The number of anilines is 2. The molecule has 2 N–H and O–H groups in total. The Kier molecular flexibility index (Phi) is 8.86. The number of aromatic amines is 1. The van der Waals surface area contributed by atoms with Crippen molar-refractivity contribution in [2.45, 2.75) is 41.9 Å². The van der Waals surface area contributed by atoms with Gasteiger partial charge in [-0.15, -0.1) is 11.8 Å². The van der Waals surface area contributed by atoms with Gasteiger partial charge in [-0.1, -0.05) is 29.5 Å². The molecule has 2 aliphatic heterocycles. The standard InChI is InChI=1S/C37H29F6N3O6S2/c1-2-51-24-11-16(9-10-23(24)52-15-25(47)44-19-7-3-5-17(12-19)36(38,39)40)26-27-21-14-22(30(27)53-32-31(26)54-35(50)45-32)29-28(21)33(48)46(34(29)49)20-8-4-6-18(13-20)37(41,42)43/h3-13,21-22,26-30H,2,14-15H2,1H3,(H,44,47)(H,45,50)/t21-,22-,26+,27-,28+,29+,30-/m1/s1. The van der Waals surface area contributed by atoms with Gasteiger partial charge in [-0.2, -0.15) is 26.3 Å². The SMILES string of the molecule is CCOc1cc([C@@H]2c3sc(=O)[nH]c3S[C@@H]3[C@@H]4C[C@@H]([C@@H]5C(=O)N(c6cccc(C(F)(F)F)c6)C(=O)[C@@H]45)[C@H]23)ccc1OCC(=O)Nc1cccc(C(F)(F)F)c1. The number of nitrogens with zero attached hydrogens (tertiary/aromatic N) is 1. The van der Waals surface area contributed by atoms with Crippen LogP contribution in [0.15, 0.2) is 76.6 Å². The molecule has 0 spiro atoms. The highest BCUT2D eigenvalue weighted by atomic mass is 32.2. The number of hydrogen-bond donors (Lipinski definition) is 2. The van der Waals surface area contributed by atoms with Crippen molar-refractivity contribution in [3.63, 3.8) is 0 Å². The van der Waals surface area contributed by atoms with Gasteiger partial charge < -0.3 is 19.8 Å². The molecule has 54 heavy (non-hydrogen) atoms. The van der Waals surface area contributed by atoms with Crippen molar-refractivity contribution in [3.8, 4) is 11.5 Å². The van der Waals surface area contributed by atoms with Crippen molar-refractivity contribution in [2.24, 2.45) is 29.6 Å². The summed E-state index contributed by atoms with van der Waals surface area (Å²) >= 11 is 2.50. The predicted octanol–water partition coefficient (Wildman–Crippen LogP) is 7.57. The number of benzene rings is 3. The number of imide groups is 1. The number of carbonyl (C=O) groups excluding carboxylic acids is 3. The van der Waals surface area contributed by atoms with Crippen LogP contribution in [0, 0.1) is 29.6 Å². The maximum atomic E-state index is 14.0. The van der Waals surface area contributed by atoms with E-state index in [1.807, 2.05) is 0 Å². The number of fused-ring (bicyclic) bond motifs is 9. The first kappa shape index (κ1) is 36.2. The Bertz CT molecular complexity index is 2240. The lowest BCUT2D eigenvalue weighted by atomic mass is 9.68. The van der Waals surface area contributed by atoms with Crippen LogP contribution in [-0.4, -0.2) is 41.2 Å². The Morgan fingerprint density at radius 3 is 2.26 bits per heavy atom. The molecule has 1 aromatic heterocycles. The number of amides is 3. The summed E-state index contributed by atoms with van der Waals surface area (Å²) in [5.41, 5.74) is -1.34. The van der Waals surface area contributed by atoms with Crippen LogP contribution >= 0.6 is 23.1 Å². The number of H-pyrrole nitrogens is 1. The van der Waals surface area contributed by atoms with E-state index in [0.29, 0.717) is 11.4 Å². The summed E-state index contributed by atoms with van der Waals surface area (Å²) in [7, 11) is 0. The molecule has 1 saturated heterocycles. The van der Waals surface area contributed by atoms with E-state index >= 15 is 0 Å². The van der Waals surface area contributed by atoms with Crippen LogP contribution in [0.25, 0.3) is 0 Å². The average molecular weight is 790 g/mol. The number of halogens is 6. The highest BCUT2D eigenvalue weighted by Crippen LogP contribution is 2.69. The number of ether oxygens (including phenoxy) is 2. The molecule has 0 radical (unpaired) electrons. The second-order valence-corrected chi connectivity index (χ2v) is 15.8. The second kappa shape index (κ2) is 13.2. The highest BCUT2D eigenvalue weighted by molar-refractivity contribution is 8.00. The van der Waals surface area contributed by atoms with E-state index in [-0.39, 0.29) is 57.4 Å². The van der Waals surface area contributed by atoms with Crippen molar-refractivity contribution < 1.29 is 50.2 Å². The Balaban J connectivity index is 1.08. The molecular formula is C37H29F6N3O6S2. The van der Waals surface area contributed by atoms with Crippen molar-refractivity contribution in [1.29, 1.82) is 0 Å². The smallest absolute Gasteiger partial charge is 0.416 e. The third-order valence-corrected chi connectivity index (χ3v) is 13.2. The molecule has 3 fully saturated rings. The number of nitrogens with one attached hydrogen (secondary N) is 2. The molecule has 17 heteroatoms. The maximum absolute atomic E-state index is 14.0. The van der Waals surface area contributed by atoms with E-state index in [0.717, 1.165) is 50.9 Å². The van der Waals surface area contributed by atoms with Crippen LogP contribution in [0.4, 0.5) is 37.7 Å². The van der Waals surface area contributed by atoms with Crippen LogP contribution in [0.5, 0.6) is 11.5 Å². The van der Waals surface area contributed by atoms with Crippen molar-refractivity contribution in [3.05, 3.63) is 98.0 Å². The van der Waals surface area contributed by atoms with Crippen molar-refractivity contribution >= 4 is 52.2 Å². The summed E-state index contributed by atoms with van der Waals surface area (Å²) in [5, 5.41) is 2.86. The molecule has 8 rings (SSSR count). The van der Waals surface area contributed by atoms with Gasteiger partial charge in [-0.25, -0.2) is 0 Å².